The van der Waals surface area contributed by atoms with Gasteiger partial charge in [0.25, 0.3) is 0 Å². The van der Waals surface area contributed by atoms with Crippen molar-refractivity contribution in [1.82, 2.24) is 14.9 Å². The van der Waals surface area contributed by atoms with Gasteiger partial charge in [0.1, 0.15) is 5.41 Å². The lowest BCUT2D eigenvalue weighted by Crippen LogP contribution is -2.53. The number of carbonyl (C=O) groups is 3. The van der Waals surface area contributed by atoms with Gasteiger partial charge < -0.3 is 15.1 Å². The Hall–Kier alpha value is -3.29. The Morgan fingerprint density at radius 3 is 2.31 bits per heavy atom. The van der Waals surface area contributed by atoms with Gasteiger partial charge in [-0.15, -0.1) is 0 Å². The molecule has 8 nitrogen and oxygen atoms in total. The molecule has 1 saturated heterocycles. The zero-order chi connectivity index (χ0) is 20.4. The fraction of sp³-hybridized carbons (Fsp3) is 0.381. The molecule has 0 unspecified atom stereocenters. The van der Waals surface area contributed by atoms with Crippen molar-refractivity contribution in [2.75, 3.05) is 36.4 Å². The van der Waals surface area contributed by atoms with Crippen LogP contribution in [0.1, 0.15) is 30.1 Å². The summed E-state index contributed by atoms with van der Waals surface area (Å²) in [6.07, 6.45) is 4.49. The molecule has 1 N–H and O–H groups in total. The third kappa shape index (κ3) is 3.83. The predicted molar refractivity (Wildman–Crippen MR) is 108 cm³/mol. The van der Waals surface area contributed by atoms with Crippen molar-refractivity contribution in [2.45, 2.75) is 19.8 Å². The number of benzene rings is 1. The second-order valence-electron chi connectivity index (χ2n) is 7.50. The smallest absolute Gasteiger partial charge is 0.240 e. The number of anilines is 2. The molecule has 1 aromatic carbocycles. The van der Waals surface area contributed by atoms with Crippen LogP contribution in [0, 0.1) is 5.41 Å². The molecule has 0 atom stereocenters. The third-order valence-electron chi connectivity index (χ3n) is 5.52. The lowest BCUT2D eigenvalue weighted by atomic mass is 10.0. The number of piperazine rings is 1. The summed E-state index contributed by atoms with van der Waals surface area (Å²) in [6.45, 7) is 3.81. The van der Waals surface area contributed by atoms with Crippen LogP contribution in [-0.2, 0) is 9.59 Å². The maximum atomic E-state index is 13.1. The van der Waals surface area contributed by atoms with Gasteiger partial charge in [0.2, 0.25) is 17.8 Å². The highest BCUT2D eigenvalue weighted by Crippen LogP contribution is 2.48. The first-order valence-electron chi connectivity index (χ1n) is 9.73. The van der Waals surface area contributed by atoms with Crippen LogP contribution in [0.2, 0.25) is 0 Å². The second kappa shape index (κ2) is 7.62. The van der Waals surface area contributed by atoms with Crippen LogP contribution in [0.25, 0.3) is 0 Å². The Kier molecular flexibility index (Phi) is 5.00. The largest absolute Gasteiger partial charge is 0.338 e. The fourth-order valence-corrected chi connectivity index (χ4v) is 3.60. The van der Waals surface area contributed by atoms with E-state index in [-0.39, 0.29) is 17.6 Å². The van der Waals surface area contributed by atoms with Crippen LogP contribution < -0.4 is 10.2 Å². The molecule has 2 aromatic rings. The molecule has 0 spiro atoms. The maximum Gasteiger partial charge on any atom is 0.240 e. The molecule has 1 saturated carbocycles. The number of Topliss-reactive ketones (excluding diaryl/α,β-unsaturated/α-hetero) is 1. The monoisotopic (exact) mass is 393 g/mol. The number of nitrogens with one attached hydrogen (secondary N) is 1. The molecule has 0 bridgehead atoms. The summed E-state index contributed by atoms with van der Waals surface area (Å²) in [5.41, 5.74) is 0.0727. The van der Waals surface area contributed by atoms with E-state index in [1.807, 2.05) is 4.90 Å². The minimum absolute atomic E-state index is 0.0708. The van der Waals surface area contributed by atoms with Gasteiger partial charge in [-0.2, -0.15) is 0 Å². The number of hydrogen-bond acceptors (Lipinski definition) is 6. The van der Waals surface area contributed by atoms with E-state index >= 15 is 0 Å². The minimum atomic E-state index is -0.988. The zero-order valence-corrected chi connectivity index (χ0v) is 16.3. The number of nitrogens with zero attached hydrogens (tertiary/aromatic N) is 4. The number of aromatic nitrogens is 2. The molecular weight excluding hydrogens is 370 g/mol. The number of hydrogen-bond donors (Lipinski definition) is 1. The minimum Gasteiger partial charge on any atom is -0.338 e. The van der Waals surface area contributed by atoms with Gasteiger partial charge in [-0.1, -0.05) is 12.1 Å². The molecular formula is C21H23N5O3. The molecule has 29 heavy (non-hydrogen) atoms. The van der Waals surface area contributed by atoms with E-state index in [1.54, 1.807) is 47.6 Å². The molecule has 1 aliphatic carbocycles. The van der Waals surface area contributed by atoms with E-state index in [0.29, 0.717) is 56.2 Å². The van der Waals surface area contributed by atoms with Crippen molar-refractivity contribution < 1.29 is 14.4 Å². The van der Waals surface area contributed by atoms with Gasteiger partial charge in [0, 0.05) is 49.8 Å². The standard InChI is InChI=1S/C21H23N5O3/c1-15(27)16-4-2-5-17(14-16)24-18(28)21(6-7-21)19(29)25-10-12-26(13-11-25)20-22-8-3-9-23-20/h2-5,8-9,14H,6-7,10-13H2,1H3,(H,24,28). The van der Waals surface area contributed by atoms with Crippen molar-refractivity contribution in [2.24, 2.45) is 5.41 Å². The number of carbonyl (C=O) groups excluding carboxylic acids is 3. The summed E-state index contributed by atoms with van der Waals surface area (Å²) in [6, 6.07) is 8.55. The van der Waals surface area contributed by atoms with Crippen molar-refractivity contribution >= 4 is 29.2 Å². The topological polar surface area (TPSA) is 95.5 Å². The molecule has 0 radical (unpaired) electrons. The number of amides is 2. The summed E-state index contributed by atoms with van der Waals surface area (Å²) in [5.74, 6) is 0.172. The van der Waals surface area contributed by atoms with Gasteiger partial charge in [-0.05, 0) is 38.0 Å². The van der Waals surface area contributed by atoms with Gasteiger partial charge in [-0.3, -0.25) is 14.4 Å². The Morgan fingerprint density at radius 1 is 1.00 bits per heavy atom. The Balaban J connectivity index is 1.39. The molecule has 8 heteroatoms. The lowest BCUT2D eigenvalue weighted by molar-refractivity contribution is -0.142. The highest BCUT2D eigenvalue weighted by Gasteiger charge is 2.58. The van der Waals surface area contributed by atoms with Crippen molar-refractivity contribution in [3.05, 3.63) is 48.3 Å². The van der Waals surface area contributed by atoms with Crippen LogP contribution in [0.4, 0.5) is 11.6 Å². The van der Waals surface area contributed by atoms with E-state index in [9.17, 15) is 14.4 Å². The Labute approximate surface area is 168 Å². The quantitative estimate of drug-likeness (QED) is 0.614. The lowest BCUT2D eigenvalue weighted by Gasteiger charge is -2.36. The average molecular weight is 393 g/mol. The summed E-state index contributed by atoms with van der Waals surface area (Å²) in [4.78, 5) is 49.8. The normalized spacial score (nSPS) is 17.6. The first-order chi connectivity index (χ1) is 14.0. The SMILES string of the molecule is CC(=O)c1cccc(NC(=O)C2(C(=O)N3CCN(c4ncccn4)CC3)CC2)c1. The second-order valence-corrected chi connectivity index (χ2v) is 7.50. The molecule has 150 valence electrons. The van der Waals surface area contributed by atoms with Crippen LogP contribution in [0.3, 0.4) is 0 Å². The highest BCUT2D eigenvalue weighted by molar-refractivity contribution is 6.13. The summed E-state index contributed by atoms with van der Waals surface area (Å²) in [5, 5.41) is 2.83. The van der Waals surface area contributed by atoms with Gasteiger partial charge >= 0.3 is 0 Å². The van der Waals surface area contributed by atoms with E-state index < -0.39 is 5.41 Å². The molecule has 2 amide bonds. The highest BCUT2D eigenvalue weighted by atomic mass is 16.2. The molecule has 4 rings (SSSR count). The Bertz CT molecular complexity index is 934. The van der Waals surface area contributed by atoms with Crippen LogP contribution in [0.5, 0.6) is 0 Å². The van der Waals surface area contributed by atoms with Crippen molar-refractivity contribution in [3.63, 3.8) is 0 Å². The first-order valence-corrected chi connectivity index (χ1v) is 9.73. The van der Waals surface area contributed by atoms with Gasteiger partial charge in [0.15, 0.2) is 5.78 Å². The van der Waals surface area contributed by atoms with Crippen LogP contribution in [0.15, 0.2) is 42.7 Å². The molecule has 1 aliphatic heterocycles. The van der Waals surface area contributed by atoms with Crippen LogP contribution in [-0.4, -0.2) is 58.6 Å². The number of ketones is 1. The first kappa shape index (κ1) is 19.0. The van der Waals surface area contributed by atoms with E-state index in [2.05, 4.69) is 15.3 Å². The molecule has 1 aromatic heterocycles. The van der Waals surface area contributed by atoms with Gasteiger partial charge in [0.05, 0.1) is 0 Å². The van der Waals surface area contributed by atoms with E-state index in [1.165, 1.54) is 6.92 Å². The summed E-state index contributed by atoms with van der Waals surface area (Å²) >= 11 is 0. The van der Waals surface area contributed by atoms with E-state index in [0.717, 1.165) is 0 Å². The van der Waals surface area contributed by atoms with Crippen molar-refractivity contribution in [3.8, 4) is 0 Å². The van der Waals surface area contributed by atoms with Gasteiger partial charge in [-0.25, -0.2) is 9.97 Å². The summed E-state index contributed by atoms with van der Waals surface area (Å²) in [7, 11) is 0. The molecule has 2 heterocycles. The van der Waals surface area contributed by atoms with Crippen LogP contribution >= 0.6 is 0 Å². The number of rotatable bonds is 5. The predicted octanol–water partition coefficient (Wildman–Crippen LogP) is 1.75. The molecule has 2 aliphatic rings. The maximum absolute atomic E-state index is 13.1. The average Bonchev–Trinajstić information content (AvgIpc) is 3.56. The molecule has 2 fully saturated rings. The fourth-order valence-electron chi connectivity index (χ4n) is 3.60. The summed E-state index contributed by atoms with van der Waals surface area (Å²) < 4.78 is 0. The van der Waals surface area contributed by atoms with E-state index in [4.69, 9.17) is 0 Å². The third-order valence-corrected chi connectivity index (χ3v) is 5.52. The zero-order valence-electron chi connectivity index (χ0n) is 16.3. The van der Waals surface area contributed by atoms with Crippen molar-refractivity contribution in [1.29, 1.82) is 0 Å². The Morgan fingerprint density at radius 2 is 1.69 bits per heavy atom.